The number of likely N-dealkylation sites (tertiary alicyclic amines) is 1. The van der Waals surface area contributed by atoms with Crippen LogP contribution in [0.1, 0.15) is 12.0 Å². The minimum Gasteiger partial charge on any atom is -0.465 e. The van der Waals surface area contributed by atoms with Crippen LogP contribution < -0.4 is 0 Å². The molecule has 4 nitrogen and oxygen atoms in total. The Morgan fingerprint density at radius 3 is 2.70 bits per heavy atom. The van der Waals surface area contributed by atoms with Gasteiger partial charge in [0.2, 0.25) is 0 Å². The van der Waals surface area contributed by atoms with Gasteiger partial charge in [-0.05, 0) is 36.0 Å². The Bertz CT molecular complexity index is 565. The van der Waals surface area contributed by atoms with E-state index in [0.717, 1.165) is 12.0 Å². The van der Waals surface area contributed by atoms with Gasteiger partial charge in [-0.3, -0.25) is 0 Å². The van der Waals surface area contributed by atoms with E-state index in [-0.39, 0.29) is 17.9 Å². The molecule has 1 aromatic rings. The first kappa shape index (κ1) is 14.0. The topological polar surface area (TPSA) is 60.8 Å². The number of carboxylic acid groups (broad SMARTS) is 1. The van der Waals surface area contributed by atoms with E-state index in [9.17, 15) is 9.90 Å². The summed E-state index contributed by atoms with van der Waals surface area (Å²) in [5, 5.41) is 19.9. The molecule has 1 unspecified atom stereocenters. The number of nitrogens with zero attached hydrogens (tertiary/aromatic N) is 1. The van der Waals surface area contributed by atoms with Gasteiger partial charge in [0.15, 0.2) is 0 Å². The van der Waals surface area contributed by atoms with Crippen molar-refractivity contribution in [2.45, 2.75) is 11.8 Å². The summed E-state index contributed by atoms with van der Waals surface area (Å²) in [4.78, 5) is 12.5. The van der Waals surface area contributed by atoms with Crippen molar-refractivity contribution in [3.05, 3.63) is 33.8 Å². The summed E-state index contributed by atoms with van der Waals surface area (Å²) in [7, 11) is 0. The Morgan fingerprint density at radius 2 is 2.10 bits per heavy atom. The van der Waals surface area contributed by atoms with E-state index >= 15 is 0 Å². The molecule has 108 valence electrons. The number of hydrogen-bond donors (Lipinski definition) is 2. The molecule has 2 fully saturated rings. The molecule has 0 spiro atoms. The Balaban J connectivity index is 1.91. The fourth-order valence-corrected chi connectivity index (χ4v) is 3.99. The average Bonchev–Trinajstić information content (AvgIpc) is 3.10. The van der Waals surface area contributed by atoms with Crippen molar-refractivity contribution in [1.82, 2.24) is 4.90 Å². The highest BCUT2D eigenvalue weighted by Crippen LogP contribution is 2.63. The minimum absolute atomic E-state index is 0.00769. The molecule has 1 heterocycles. The predicted octanol–water partition coefficient (Wildman–Crippen LogP) is 2.85. The summed E-state index contributed by atoms with van der Waals surface area (Å²) in [5.74, 6) is 0.481. The molecule has 3 rings (SSSR count). The molecule has 2 aliphatic rings. The van der Waals surface area contributed by atoms with Gasteiger partial charge in [0, 0.05) is 18.5 Å². The molecule has 1 saturated heterocycles. The molecule has 0 aromatic heterocycles. The van der Waals surface area contributed by atoms with E-state index in [1.807, 2.05) is 6.07 Å². The van der Waals surface area contributed by atoms with E-state index in [0.29, 0.717) is 29.1 Å². The van der Waals surface area contributed by atoms with Gasteiger partial charge in [0.1, 0.15) is 0 Å². The summed E-state index contributed by atoms with van der Waals surface area (Å²) < 4.78 is 0. The van der Waals surface area contributed by atoms with Crippen LogP contribution in [0, 0.1) is 11.8 Å². The number of amides is 1. The van der Waals surface area contributed by atoms with Crippen LogP contribution in [0.2, 0.25) is 10.0 Å². The second-order valence-electron chi connectivity index (χ2n) is 5.56. The molecule has 1 aromatic carbocycles. The van der Waals surface area contributed by atoms with Gasteiger partial charge in [0.05, 0.1) is 16.7 Å². The van der Waals surface area contributed by atoms with Crippen LogP contribution in [0.4, 0.5) is 4.79 Å². The molecule has 0 bridgehead atoms. The molecule has 1 aliphatic heterocycles. The second kappa shape index (κ2) is 4.79. The molecule has 2 N–H and O–H groups in total. The molecule has 6 heteroatoms. The standard InChI is InChI=1S/C14H15Cl2NO3/c15-11-2-1-8(5-12(11)16)14(7-18)9-3-4-17(13(19)20)6-10(9)14/h1-2,5,9-10,18H,3-4,6-7H2,(H,19,20)/t9-,10?,14+/m0/s1. The van der Waals surface area contributed by atoms with Crippen LogP contribution >= 0.6 is 23.2 Å². The zero-order valence-corrected chi connectivity index (χ0v) is 12.2. The van der Waals surface area contributed by atoms with E-state index in [1.54, 1.807) is 12.1 Å². The average molecular weight is 316 g/mol. The number of carbonyl (C=O) groups is 1. The Kier molecular flexibility index (Phi) is 3.35. The maximum Gasteiger partial charge on any atom is 0.407 e. The van der Waals surface area contributed by atoms with Gasteiger partial charge >= 0.3 is 6.09 Å². The zero-order chi connectivity index (χ0) is 14.5. The first-order valence-electron chi connectivity index (χ1n) is 6.55. The molecule has 1 amide bonds. The number of piperidine rings is 1. The number of fused-ring (bicyclic) bond motifs is 1. The van der Waals surface area contributed by atoms with Crippen molar-refractivity contribution >= 4 is 29.3 Å². The lowest BCUT2D eigenvalue weighted by Gasteiger charge is -2.22. The molecular formula is C14H15Cl2NO3. The van der Waals surface area contributed by atoms with Crippen molar-refractivity contribution in [2.24, 2.45) is 11.8 Å². The summed E-state index contributed by atoms with van der Waals surface area (Å²) in [6.07, 6.45) is -0.117. The summed E-state index contributed by atoms with van der Waals surface area (Å²) >= 11 is 12.0. The largest absolute Gasteiger partial charge is 0.465 e. The predicted molar refractivity (Wildman–Crippen MR) is 76.4 cm³/mol. The third kappa shape index (κ3) is 1.90. The monoisotopic (exact) mass is 315 g/mol. The molecular weight excluding hydrogens is 301 g/mol. The number of aliphatic hydroxyl groups excluding tert-OH is 1. The van der Waals surface area contributed by atoms with Gasteiger partial charge in [-0.25, -0.2) is 4.79 Å². The van der Waals surface area contributed by atoms with Gasteiger partial charge in [-0.2, -0.15) is 0 Å². The summed E-state index contributed by atoms with van der Waals surface area (Å²) in [6, 6.07) is 5.41. The van der Waals surface area contributed by atoms with Crippen LogP contribution in [0.5, 0.6) is 0 Å². The molecule has 20 heavy (non-hydrogen) atoms. The van der Waals surface area contributed by atoms with Crippen molar-refractivity contribution in [2.75, 3.05) is 19.7 Å². The number of benzene rings is 1. The Morgan fingerprint density at radius 1 is 1.35 bits per heavy atom. The number of halogens is 2. The third-order valence-corrected chi connectivity index (χ3v) is 5.56. The van der Waals surface area contributed by atoms with E-state index < -0.39 is 6.09 Å². The van der Waals surface area contributed by atoms with Gasteiger partial charge in [-0.1, -0.05) is 29.3 Å². The van der Waals surface area contributed by atoms with Gasteiger partial charge in [0.25, 0.3) is 0 Å². The van der Waals surface area contributed by atoms with Crippen LogP contribution in [-0.2, 0) is 5.41 Å². The lowest BCUT2D eigenvalue weighted by molar-refractivity contribution is 0.133. The maximum atomic E-state index is 11.1. The summed E-state index contributed by atoms with van der Waals surface area (Å²) in [5.41, 5.74) is 0.593. The zero-order valence-electron chi connectivity index (χ0n) is 10.7. The van der Waals surface area contributed by atoms with E-state index in [4.69, 9.17) is 28.3 Å². The van der Waals surface area contributed by atoms with Crippen LogP contribution in [-0.4, -0.2) is 40.9 Å². The van der Waals surface area contributed by atoms with Crippen LogP contribution in [0.15, 0.2) is 18.2 Å². The Labute approximate surface area is 126 Å². The highest BCUT2D eigenvalue weighted by Gasteiger charge is 2.66. The second-order valence-corrected chi connectivity index (χ2v) is 6.37. The first-order valence-corrected chi connectivity index (χ1v) is 7.30. The van der Waals surface area contributed by atoms with E-state index in [2.05, 4.69) is 0 Å². The molecule has 1 saturated carbocycles. The van der Waals surface area contributed by atoms with Gasteiger partial charge < -0.3 is 15.1 Å². The first-order chi connectivity index (χ1) is 9.50. The Hall–Kier alpha value is -0.970. The van der Waals surface area contributed by atoms with Crippen LogP contribution in [0.3, 0.4) is 0 Å². The van der Waals surface area contributed by atoms with Crippen molar-refractivity contribution in [1.29, 1.82) is 0 Å². The van der Waals surface area contributed by atoms with Crippen molar-refractivity contribution in [3.63, 3.8) is 0 Å². The molecule has 1 aliphatic carbocycles. The summed E-state index contributed by atoms with van der Waals surface area (Å²) in [6.45, 7) is 1.01. The molecule has 3 atom stereocenters. The van der Waals surface area contributed by atoms with Gasteiger partial charge in [-0.15, -0.1) is 0 Å². The highest BCUT2D eigenvalue weighted by molar-refractivity contribution is 6.42. The highest BCUT2D eigenvalue weighted by atomic mass is 35.5. The number of rotatable bonds is 2. The van der Waals surface area contributed by atoms with E-state index in [1.165, 1.54) is 4.90 Å². The third-order valence-electron chi connectivity index (χ3n) is 4.82. The quantitative estimate of drug-likeness (QED) is 0.882. The lowest BCUT2D eigenvalue weighted by Crippen LogP contribution is -2.35. The van der Waals surface area contributed by atoms with Crippen molar-refractivity contribution in [3.8, 4) is 0 Å². The molecule has 0 radical (unpaired) electrons. The fourth-order valence-electron chi connectivity index (χ4n) is 3.69. The minimum atomic E-state index is -0.892. The fraction of sp³-hybridized carbons (Fsp3) is 0.500. The van der Waals surface area contributed by atoms with Crippen molar-refractivity contribution < 1.29 is 15.0 Å². The number of hydrogen-bond acceptors (Lipinski definition) is 2. The van der Waals surface area contributed by atoms with Crippen LogP contribution in [0.25, 0.3) is 0 Å². The lowest BCUT2D eigenvalue weighted by atomic mass is 9.92. The smallest absolute Gasteiger partial charge is 0.407 e. The SMILES string of the molecule is O=C(O)N1CC[C@H]2C(C1)[C@]2(CO)c1ccc(Cl)c(Cl)c1. The number of aliphatic hydroxyl groups is 1. The maximum absolute atomic E-state index is 11.1. The normalized spacial score (nSPS) is 31.9.